The highest BCUT2D eigenvalue weighted by Gasteiger charge is 2.24. The summed E-state index contributed by atoms with van der Waals surface area (Å²) in [5.41, 5.74) is 4.39. The highest BCUT2D eigenvalue weighted by atomic mass is 16.6. The molecule has 5 heteroatoms. The van der Waals surface area contributed by atoms with Crippen molar-refractivity contribution in [2.24, 2.45) is 0 Å². The fourth-order valence-corrected chi connectivity index (χ4v) is 4.00. The van der Waals surface area contributed by atoms with Gasteiger partial charge in [-0.2, -0.15) is 0 Å². The topological polar surface area (TPSA) is 48.0 Å². The van der Waals surface area contributed by atoms with Gasteiger partial charge in [0.15, 0.2) is 0 Å². The predicted molar refractivity (Wildman–Crippen MR) is 132 cm³/mol. The lowest BCUT2D eigenvalue weighted by Gasteiger charge is -2.33. The lowest BCUT2D eigenvalue weighted by molar-refractivity contribution is -0.155. The highest BCUT2D eigenvalue weighted by Crippen LogP contribution is 2.28. The molecule has 2 aromatic carbocycles. The number of hydrogen-bond acceptors (Lipinski definition) is 5. The van der Waals surface area contributed by atoms with Gasteiger partial charge < -0.3 is 14.2 Å². The van der Waals surface area contributed by atoms with E-state index in [2.05, 4.69) is 62.1 Å². The molecule has 1 heterocycles. The summed E-state index contributed by atoms with van der Waals surface area (Å²) in [4.78, 5) is 14.3. The number of benzene rings is 2. The van der Waals surface area contributed by atoms with Crippen molar-refractivity contribution >= 4 is 5.97 Å². The Labute approximate surface area is 199 Å². The van der Waals surface area contributed by atoms with E-state index in [-0.39, 0.29) is 12.1 Å². The van der Waals surface area contributed by atoms with E-state index in [1.54, 1.807) is 0 Å². The van der Waals surface area contributed by atoms with Gasteiger partial charge in [0.05, 0.1) is 19.1 Å². The number of esters is 1. The molecule has 0 spiro atoms. The van der Waals surface area contributed by atoms with Crippen LogP contribution in [0.1, 0.15) is 75.3 Å². The fraction of sp³-hybridized carbons (Fsp3) is 0.536. The molecular formula is C28H39NO4. The van der Waals surface area contributed by atoms with Gasteiger partial charge in [-0.1, -0.05) is 44.2 Å². The van der Waals surface area contributed by atoms with E-state index in [0.717, 1.165) is 30.0 Å². The quantitative estimate of drug-likeness (QED) is 0.473. The molecule has 1 saturated heterocycles. The highest BCUT2D eigenvalue weighted by molar-refractivity contribution is 5.70. The lowest BCUT2D eigenvalue weighted by Crippen LogP contribution is -2.40. The van der Waals surface area contributed by atoms with Crippen LogP contribution >= 0.6 is 0 Å². The van der Waals surface area contributed by atoms with Crippen molar-refractivity contribution in [1.82, 2.24) is 4.90 Å². The number of morpholine rings is 1. The van der Waals surface area contributed by atoms with E-state index in [1.807, 2.05) is 26.8 Å². The SMILES string of the molecule is Cc1cc(OCc2ccc(C(C)C)cc2)ccc1C1CN(CCC(=O)OC(C)(C)C)CCO1. The smallest absolute Gasteiger partial charge is 0.307 e. The number of nitrogens with zero attached hydrogens (tertiary/aromatic N) is 1. The summed E-state index contributed by atoms with van der Waals surface area (Å²) in [5.74, 6) is 1.24. The van der Waals surface area contributed by atoms with Crippen LogP contribution in [0, 0.1) is 6.92 Å². The van der Waals surface area contributed by atoms with Crippen molar-refractivity contribution in [2.75, 3.05) is 26.2 Å². The molecule has 0 amide bonds. The zero-order valence-corrected chi connectivity index (χ0v) is 21.0. The third-order valence-electron chi connectivity index (χ3n) is 5.84. The maximum atomic E-state index is 12.1. The number of carbonyl (C=O) groups excluding carboxylic acids is 1. The first-order chi connectivity index (χ1) is 15.6. The zero-order chi connectivity index (χ0) is 24.0. The molecule has 0 radical (unpaired) electrons. The van der Waals surface area contributed by atoms with Crippen molar-refractivity contribution in [3.05, 3.63) is 64.7 Å². The van der Waals surface area contributed by atoms with Gasteiger partial charge >= 0.3 is 5.97 Å². The molecule has 1 aliphatic heterocycles. The molecule has 0 saturated carbocycles. The first-order valence-corrected chi connectivity index (χ1v) is 12.0. The largest absolute Gasteiger partial charge is 0.489 e. The van der Waals surface area contributed by atoms with Gasteiger partial charge in [0.2, 0.25) is 0 Å². The van der Waals surface area contributed by atoms with Gasteiger partial charge in [-0.25, -0.2) is 0 Å². The van der Waals surface area contributed by atoms with E-state index < -0.39 is 5.60 Å². The van der Waals surface area contributed by atoms with Gasteiger partial charge in [-0.3, -0.25) is 9.69 Å². The van der Waals surface area contributed by atoms with Crippen molar-refractivity contribution in [3.63, 3.8) is 0 Å². The monoisotopic (exact) mass is 453 g/mol. The minimum Gasteiger partial charge on any atom is -0.489 e. The number of aryl methyl sites for hydroxylation is 1. The fourth-order valence-electron chi connectivity index (χ4n) is 4.00. The molecule has 1 unspecified atom stereocenters. The summed E-state index contributed by atoms with van der Waals surface area (Å²) in [6, 6.07) is 14.8. The second kappa shape index (κ2) is 11.2. The minimum absolute atomic E-state index is 0.00462. The first kappa shape index (κ1) is 25.3. The second-order valence-corrected chi connectivity index (χ2v) is 10.2. The van der Waals surface area contributed by atoms with Gasteiger partial charge in [-0.05, 0) is 68.0 Å². The Morgan fingerprint density at radius 3 is 2.52 bits per heavy atom. The normalized spacial score (nSPS) is 17.2. The Hall–Kier alpha value is -2.37. The zero-order valence-electron chi connectivity index (χ0n) is 21.0. The standard InChI is InChI=1S/C28H39NO4/c1-20(2)23-9-7-22(8-10-23)19-32-24-11-12-25(21(3)17-24)26-18-29(15-16-31-26)14-13-27(30)33-28(4,5)6/h7-12,17,20,26H,13-16,18-19H2,1-6H3. The summed E-state index contributed by atoms with van der Waals surface area (Å²) in [5, 5.41) is 0. The van der Waals surface area contributed by atoms with Crippen LogP contribution in [0.15, 0.2) is 42.5 Å². The van der Waals surface area contributed by atoms with Crippen LogP contribution in [0.4, 0.5) is 0 Å². The average molecular weight is 454 g/mol. The van der Waals surface area contributed by atoms with Gasteiger partial charge in [-0.15, -0.1) is 0 Å². The summed E-state index contributed by atoms with van der Waals surface area (Å²) >= 11 is 0. The molecule has 0 aromatic heterocycles. The van der Waals surface area contributed by atoms with E-state index >= 15 is 0 Å². The maximum Gasteiger partial charge on any atom is 0.307 e. The number of ether oxygens (including phenoxy) is 3. The van der Waals surface area contributed by atoms with Crippen LogP contribution in [0.3, 0.4) is 0 Å². The minimum atomic E-state index is -0.441. The molecule has 0 N–H and O–H groups in total. The van der Waals surface area contributed by atoms with Gasteiger partial charge in [0.1, 0.15) is 18.0 Å². The maximum absolute atomic E-state index is 12.1. The average Bonchev–Trinajstić information content (AvgIpc) is 2.75. The number of rotatable bonds is 8. The third-order valence-corrected chi connectivity index (χ3v) is 5.84. The van der Waals surface area contributed by atoms with E-state index in [4.69, 9.17) is 14.2 Å². The molecule has 1 fully saturated rings. The molecule has 0 bridgehead atoms. The van der Waals surface area contributed by atoms with Crippen LogP contribution < -0.4 is 4.74 Å². The van der Waals surface area contributed by atoms with Crippen molar-refractivity contribution in [3.8, 4) is 5.75 Å². The summed E-state index contributed by atoms with van der Waals surface area (Å²) in [6.07, 6.45) is 0.392. The first-order valence-electron chi connectivity index (χ1n) is 12.0. The molecule has 1 aliphatic rings. The second-order valence-electron chi connectivity index (χ2n) is 10.2. The van der Waals surface area contributed by atoms with Gasteiger partial charge in [0, 0.05) is 19.6 Å². The predicted octanol–water partition coefficient (Wildman–Crippen LogP) is 5.80. The Bertz CT molecular complexity index is 914. The van der Waals surface area contributed by atoms with Crippen molar-refractivity contribution in [1.29, 1.82) is 0 Å². The van der Waals surface area contributed by atoms with Crippen LogP contribution in [0.25, 0.3) is 0 Å². The molecule has 180 valence electrons. The lowest BCUT2D eigenvalue weighted by atomic mass is 10.0. The Morgan fingerprint density at radius 2 is 1.88 bits per heavy atom. The van der Waals surface area contributed by atoms with E-state index in [0.29, 0.717) is 32.1 Å². The Balaban J connectivity index is 1.53. The molecule has 1 atom stereocenters. The molecule has 0 aliphatic carbocycles. The van der Waals surface area contributed by atoms with Gasteiger partial charge in [0.25, 0.3) is 0 Å². The van der Waals surface area contributed by atoms with Crippen LogP contribution in [-0.2, 0) is 20.9 Å². The summed E-state index contributed by atoms with van der Waals surface area (Å²) < 4.78 is 17.5. The van der Waals surface area contributed by atoms with E-state index in [9.17, 15) is 4.79 Å². The Kier molecular flexibility index (Phi) is 8.55. The third kappa shape index (κ3) is 7.86. The Morgan fingerprint density at radius 1 is 1.15 bits per heavy atom. The molecule has 3 rings (SSSR count). The van der Waals surface area contributed by atoms with Crippen molar-refractivity contribution in [2.45, 2.75) is 72.2 Å². The molecule has 5 nitrogen and oxygen atoms in total. The molecule has 2 aromatic rings. The van der Waals surface area contributed by atoms with Crippen molar-refractivity contribution < 1.29 is 19.0 Å². The summed E-state index contributed by atoms with van der Waals surface area (Å²) in [7, 11) is 0. The number of carbonyl (C=O) groups is 1. The molecular weight excluding hydrogens is 414 g/mol. The molecule has 33 heavy (non-hydrogen) atoms. The van der Waals surface area contributed by atoms with Crippen LogP contribution in [0.5, 0.6) is 5.75 Å². The van der Waals surface area contributed by atoms with Crippen LogP contribution in [0.2, 0.25) is 0 Å². The number of hydrogen-bond donors (Lipinski definition) is 0. The van der Waals surface area contributed by atoms with Crippen LogP contribution in [-0.4, -0.2) is 42.7 Å². The summed E-state index contributed by atoms with van der Waals surface area (Å²) in [6.45, 7) is 15.7. The van der Waals surface area contributed by atoms with E-state index in [1.165, 1.54) is 11.1 Å².